The lowest BCUT2D eigenvalue weighted by Gasteiger charge is -2.26. The molecule has 28 heavy (non-hydrogen) atoms. The number of fused-ring (bicyclic) bond motifs is 1. The summed E-state index contributed by atoms with van der Waals surface area (Å²) in [4.78, 5) is 15.2. The Hall–Kier alpha value is -2.15. The van der Waals surface area contributed by atoms with Gasteiger partial charge in [0.25, 0.3) is 5.91 Å². The highest BCUT2D eigenvalue weighted by atomic mass is 32.1. The summed E-state index contributed by atoms with van der Waals surface area (Å²) in [6.07, 6.45) is 1.88. The number of morpholine rings is 1. The van der Waals surface area contributed by atoms with E-state index in [0.29, 0.717) is 6.54 Å². The maximum atomic E-state index is 12.8. The van der Waals surface area contributed by atoms with E-state index in [1.807, 2.05) is 12.1 Å². The van der Waals surface area contributed by atoms with Crippen LogP contribution in [-0.4, -0.2) is 54.8 Å². The number of amides is 1. The summed E-state index contributed by atoms with van der Waals surface area (Å²) in [5.74, 6) is 0.0263. The molecule has 1 fully saturated rings. The Labute approximate surface area is 169 Å². The quantitative estimate of drug-likeness (QED) is 0.593. The fraction of sp³-hybridized carbons (Fsp3) is 0.409. The molecule has 0 aliphatic carbocycles. The van der Waals surface area contributed by atoms with Crippen LogP contribution in [0.5, 0.6) is 0 Å². The van der Waals surface area contributed by atoms with Crippen molar-refractivity contribution in [2.75, 3.05) is 39.4 Å². The second-order valence-corrected chi connectivity index (χ2v) is 8.10. The molecule has 1 aliphatic heterocycles. The van der Waals surface area contributed by atoms with Crippen molar-refractivity contribution >= 4 is 27.5 Å². The highest BCUT2D eigenvalue weighted by Gasteiger charge is 2.16. The molecule has 1 saturated heterocycles. The summed E-state index contributed by atoms with van der Waals surface area (Å²) in [7, 11) is 0. The molecule has 5 nitrogen and oxygen atoms in total. The van der Waals surface area contributed by atoms with E-state index in [4.69, 9.17) is 4.74 Å². The van der Waals surface area contributed by atoms with E-state index < -0.39 is 0 Å². The van der Waals surface area contributed by atoms with Gasteiger partial charge < -0.3 is 14.6 Å². The summed E-state index contributed by atoms with van der Waals surface area (Å²) in [5, 5.41) is 5.21. The van der Waals surface area contributed by atoms with Crippen LogP contribution in [0, 0.1) is 0 Å². The van der Waals surface area contributed by atoms with Crippen molar-refractivity contribution in [2.24, 2.45) is 0 Å². The first-order valence-electron chi connectivity index (χ1n) is 10.0. The van der Waals surface area contributed by atoms with E-state index in [-0.39, 0.29) is 5.91 Å². The molecule has 3 aromatic rings. The van der Waals surface area contributed by atoms with Crippen LogP contribution in [0.1, 0.15) is 22.5 Å². The molecule has 0 unspecified atom stereocenters. The van der Waals surface area contributed by atoms with Crippen molar-refractivity contribution < 1.29 is 9.53 Å². The Morgan fingerprint density at radius 3 is 2.75 bits per heavy atom. The molecule has 0 bridgehead atoms. The molecule has 0 radical (unpaired) electrons. The van der Waals surface area contributed by atoms with E-state index in [1.54, 1.807) is 11.3 Å². The first kappa shape index (κ1) is 19.2. The summed E-state index contributed by atoms with van der Waals surface area (Å²) < 4.78 is 8.71. The van der Waals surface area contributed by atoms with Gasteiger partial charge in [0.2, 0.25) is 0 Å². The topological polar surface area (TPSA) is 46.5 Å². The number of ether oxygens (including phenoxy) is 1. The lowest BCUT2D eigenvalue weighted by molar-refractivity contribution is 0.0374. The molecule has 0 spiro atoms. The average molecular weight is 398 g/mol. The summed E-state index contributed by atoms with van der Waals surface area (Å²) in [6, 6.07) is 14.6. The second kappa shape index (κ2) is 9.37. The molecule has 1 aromatic carbocycles. The van der Waals surface area contributed by atoms with E-state index in [1.165, 1.54) is 10.3 Å². The number of nitrogens with one attached hydrogen (secondary N) is 1. The van der Waals surface area contributed by atoms with Crippen molar-refractivity contribution in [2.45, 2.75) is 19.4 Å². The zero-order valence-corrected chi connectivity index (χ0v) is 16.9. The smallest absolute Gasteiger partial charge is 0.267 e. The van der Waals surface area contributed by atoms with Gasteiger partial charge in [0.15, 0.2) is 0 Å². The standard InChI is InChI=1S/C22H27N3O2S/c26-22(23-9-4-10-24-12-14-27-15-13-24)20-17-21-19(8-16-28-21)25(20)11-7-18-5-2-1-3-6-18/h1-3,5-6,8,16-17H,4,7,9-15H2,(H,23,26). The normalized spacial score (nSPS) is 15.1. The van der Waals surface area contributed by atoms with E-state index in [0.717, 1.165) is 63.4 Å². The lowest BCUT2D eigenvalue weighted by Crippen LogP contribution is -2.38. The SMILES string of the molecule is O=C(NCCCN1CCOCC1)c1cc2sccc2n1CCc1ccccc1. The van der Waals surface area contributed by atoms with Crippen LogP contribution in [0.25, 0.3) is 10.2 Å². The summed E-state index contributed by atoms with van der Waals surface area (Å²) >= 11 is 1.69. The van der Waals surface area contributed by atoms with Gasteiger partial charge in [-0.05, 0) is 42.5 Å². The minimum absolute atomic E-state index is 0.0263. The van der Waals surface area contributed by atoms with Crippen LogP contribution in [0.4, 0.5) is 0 Å². The van der Waals surface area contributed by atoms with Crippen molar-refractivity contribution in [3.05, 3.63) is 59.1 Å². The number of thiophene rings is 1. The lowest BCUT2D eigenvalue weighted by atomic mass is 10.1. The number of benzene rings is 1. The molecule has 1 amide bonds. The molecular formula is C22H27N3O2S. The Balaban J connectivity index is 1.36. The van der Waals surface area contributed by atoms with Crippen molar-refractivity contribution in [1.82, 2.24) is 14.8 Å². The fourth-order valence-electron chi connectivity index (χ4n) is 3.71. The molecule has 2 aromatic heterocycles. The molecular weight excluding hydrogens is 370 g/mol. The fourth-order valence-corrected chi connectivity index (χ4v) is 4.53. The van der Waals surface area contributed by atoms with Crippen LogP contribution in [0.2, 0.25) is 0 Å². The molecule has 1 N–H and O–H groups in total. The third kappa shape index (κ3) is 4.63. The third-order valence-electron chi connectivity index (χ3n) is 5.26. The monoisotopic (exact) mass is 397 g/mol. The van der Waals surface area contributed by atoms with E-state index in [2.05, 4.69) is 50.5 Å². The van der Waals surface area contributed by atoms with Gasteiger partial charge in [-0.25, -0.2) is 0 Å². The molecule has 0 saturated carbocycles. The molecule has 0 atom stereocenters. The number of carbonyl (C=O) groups is 1. The van der Waals surface area contributed by atoms with Crippen LogP contribution < -0.4 is 5.32 Å². The molecule has 4 rings (SSSR count). The number of hydrogen-bond donors (Lipinski definition) is 1. The zero-order valence-electron chi connectivity index (χ0n) is 16.1. The zero-order chi connectivity index (χ0) is 19.2. The second-order valence-electron chi connectivity index (χ2n) is 7.15. The molecule has 1 aliphatic rings. The number of nitrogens with zero attached hydrogens (tertiary/aromatic N) is 2. The number of aryl methyl sites for hydroxylation is 2. The largest absolute Gasteiger partial charge is 0.379 e. The molecule has 6 heteroatoms. The minimum atomic E-state index is 0.0263. The Bertz CT molecular complexity index is 897. The maximum Gasteiger partial charge on any atom is 0.267 e. The van der Waals surface area contributed by atoms with Gasteiger partial charge in [0.05, 0.1) is 23.4 Å². The number of rotatable bonds is 8. The highest BCUT2D eigenvalue weighted by molar-refractivity contribution is 7.17. The number of hydrogen-bond acceptors (Lipinski definition) is 4. The molecule has 148 valence electrons. The number of aromatic nitrogens is 1. The minimum Gasteiger partial charge on any atom is -0.379 e. The first-order chi connectivity index (χ1) is 13.8. The Kier molecular flexibility index (Phi) is 6.41. The van der Waals surface area contributed by atoms with Gasteiger partial charge in [-0.2, -0.15) is 0 Å². The average Bonchev–Trinajstić information content (AvgIpc) is 3.33. The van der Waals surface area contributed by atoms with Gasteiger partial charge >= 0.3 is 0 Å². The van der Waals surface area contributed by atoms with Gasteiger partial charge in [0, 0.05) is 26.2 Å². The highest BCUT2D eigenvalue weighted by Crippen LogP contribution is 2.25. The van der Waals surface area contributed by atoms with Crippen LogP contribution >= 0.6 is 11.3 Å². The van der Waals surface area contributed by atoms with Gasteiger partial charge in [-0.15, -0.1) is 11.3 Å². The van der Waals surface area contributed by atoms with Gasteiger partial charge in [-0.1, -0.05) is 30.3 Å². The summed E-state index contributed by atoms with van der Waals surface area (Å²) in [5.41, 5.74) is 3.21. The molecule has 3 heterocycles. The van der Waals surface area contributed by atoms with E-state index >= 15 is 0 Å². The predicted octanol–water partition coefficient (Wildman–Crippen LogP) is 3.40. The summed E-state index contributed by atoms with van der Waals surface area (Å²) in [6.45, 7) is 6.14. The van der Waals surface area contributed by atoms with E-state index in [9.17, 15) is 4.79 Å². The maximum absolute atomic E-state index is 12.8. The van der Waals surface area contributed by atoms with Gasteiger partial charge in [0.1, 0.15) is 5.69 Å². The Morgan fingerprint density at radius 2 is 1.93 bits per heavy atom. The first-order valence-corrected chi connectivity index (χ1v) is 10.9. The van der Waals surface area contributed by atoms with Crippen LogP contribution in [0.3, 0.4) is 0 Å². The predicted molar refractivity (Wildman–Crippen MR) is 114 cm³/mol. The van der Waals surface area contributed by atoms with Crippen molar-refractivity contribution in [3.63, 3.8) is 0 Å². The third-order valence-corrected chi connectivity index (χ3v) is 6.12. The Morgan fingerprint density at radius 1 is 1.11 bits per heavy atom. The van der Waals surface area contributed by atoms with Crippen molar-refractivity contribution in [3.8, 4) is 0 Å². The van der Waals surface area contributed by atoms with Crippen molar-refractivity contribution in [1.29, 1.82) is 0 Å². The van der Waals surface area contributed by atoms with Crippen LogP contribution in [-0.2, 0) is 17.7 Å². The number of carbonyl (C=O) groups excluding carboxylic acids is 1. The van der Waals surface area contributed by atoms with Gasteiger partial charge in [-0.3, -0.25) is 9.69 Å². The van der Waals surface area contributed by atoms with Crippen LogP contribution in [0.15, 0.2) is 47.8 Å².